The van der Waals surface area contributed by atoms with E-state index < -0.39 is 0 Å². The number of nitrogens with one attached hydrogen (secondary N) is 2. The van der Waals surface area contributed by atoms with E-state index in [9.17, 15) is 4.79 Å². The Hall–Kier alpha value is -1.68. The van der Waals surface area contributed by atoms with Crippen LogP contribution in [0.1, 0.15) is 43.0 Å². The van der Waals surface area contributed by atoms with Crippen molar-refractivity contribution >= 4 is 16.7 Å². The molecular weight excluding hydrogens is 250 g/mol. The van der Waals surface area contributed by atoms with Crippen LogP contribution < -0.4 is 5.32 Å². The minimum Gasteiger partial charge on any atom is -0.316 e. The Balaban J connectivity index is 1.92. The summed E-state index contributed by atoms with van der Waals surface area (Å²) in [6.07, 6.45) is 5.96. The number of rotatable bonds is 5. The van der Waals surface area contributed by atoms with Crippen LogP contribution in [0, 0.1) is 5.41 Å². The van der Waals surface area contributed by atoms with Crippen molar-refractivity contribution in [3.05, 3.63) is 30.0 Å². The molecule has 20 heavy (non-hydrogen) atoms. The van der Waals surface area contributed by atoms with Crippen LogP contribution >= 0.6 is 0 Å². The topological polar surface area (TPSA) is 57.8 Å². The van der Waals surface area contributed by atoms with Gasteiger partial charge in [-0.25, -0.2) is 0 Å². The van der Waals surface area contributed by atoms with Crippen molar-refractivity contribution in [2.45, 2.75) is 32.6 Å². The lowest BCUT2D eigenvalue weighted by Gasteiger charge is -2.26. The molecule has 0 amide bonds. The molecule has 2 heterocycles. The van der Waals surface area contributed by atoms with Gasteiger partial charge in [0.2, 0.25) is 0 Å². The van der Waals surface area contributed by atoms with Crippen LogP contribution in [0.3, 0.4) is 0 Å². The Morgan fingerprint density at radius 1 is 1.45 bits per heavy atom. The predicted molar refractivity (Wildman–Crippen MR) is 79.9 cm³/mol. The zero-order chi connectivity index (χ0) is 14.0. The molecule has 4 nitrogen and oxygen atoms in total. The Kier molecular flexibility index (Phi) is 3.57. The highest BCUT2D eigenvalue weighted by molar-refractivity contribution is 6.03. The number of aromatic nitrogens is 2. The number of fused-ring (bicyclic) bond motifs is 1. The molecule has 0 bridgehead atoms. The monoisotopic (exact) mass is 271 g/mol. The number of unbranched alkanes of at least 4 members (excludes halogenated alkanes) is 1. The van der Waals surface area contributed by atoms with Gasteiger partial charge in [-0.05, 0) is 37.6 Å². The standard InChI is InChI=1S/C16H21N3O/c1-2-3-6-16(7-8-17-11-16)15(20)12-4-5-14-13(9-12)10-18-19-14/h4-5,9-10,17H,2-3,6-8,11H2,1H3,(H,18,19)/t16-/m0/s1. The quantitative estimate of drug-likeness (QED) is 0.822. The molecule has 2 N–H and O–H groups in total. The van der Waals surface area contributed by atoms with Crippen LogP contribution in [-0.2, 0) is 0 Å². The fourth-order valence-corrected chi connectivity index (χ4v) is 3.17. The number of H-pyrrole nitrogens is 1. The molecule has 4 heteroatoms. The van der Waals surface area contributed by atoms with E-state index in [1.807, 2.05) is 18.2 Å². The number of hydrogen-bond donors (Lipinski definition) is 2. The number of carbonyl (C=O) groups is 1. The molecule has 0 spiro atoms. The first-order chi connectivity index (χ1) is 9.75. The Bertz CT molecular complexity index is 611. The van der Waals surface area contributed by atoms with Gasteiger partial charge in [0.25, 0.3) is 0 Å². The van der Waals surface area contributed by atoms with Crippen molar-refractivity contribution in [3.63, 3.8) is 0 Å². The molecule has 1 fully saturated rings. The second-order valence-corrected chi connectivity index (χ2v) is 5.81. The highest BCUT2D eigenvalue weighted by Crippen LogP contribution is 2.35. The molecule has 1 aliphatic heterocycles. The summed E-state index contributed by atoms with van der Waals surface area (Å²) in [6.45, 7) is 3.94. The molecule has 1 aromatic heterocycles. The van der Waals surface area contributed by atoms with E-state index >= 15 is 0 Å². The third-order valence-corrected chi connectivity index (χ3v) is 4.44. The molecule has 1 saturated heterocycles. The summed E-state index contributed by atoms with van der Waals surface area (Å²) < 4.78 is 0. The number of hydrogen-bond acceptors (Lipinski definition) is 3. The average Bonchev–Trinajstić information content (AvgIpc) is 3.13. The maximum Gasteiger partial charge on any atom is 0.170 e. The van der Waals surface area contributed by atoms with E-state index in [1.54, 1.807) is 6.20 Å². The Morgan fingerprint density at radius 3 is 3.10 bits per heavy atom. The van der Waals surface area contributed by atoms with E-state index in [4.69, 9.17) is 0 Å². The van der Waals surface area contributed by atoms with Gasteiger partial charge in [-0.1, -0.05) is 19.8 Å². The fourth-order valence-electron chi connectivity index (χ4n) is 3.17. The molecule has 1 aliphatic rings. The molecule has 0 aliphatic carbocycles. The summed E-state index contributed by atoms with van der Waals surface area (Å²) in [5.74, 6) is 0.291. The highest BCUT2D eigenvalue weighted by Gasteiger charge is 2.40. The molecule has 0 saturated carbocycles. The van der Waals surface area contributed by atoms with Gasteiger partial charge >= 0.3 is 0 Å². The summed E-state index contributed by atoms with van der Waals surface area (Å²) in [6, 6.07) is 5.84. The van der Waals surface area contributed by atoms with Crippen molar-refractivity contribution in [1.29, 1.82) is 0 Å². The number of Topliss-reactive ketones (excluding diaryl/α,β-unsaturated/α-hetero) is 1. The van der Waals surface area contributed by atoms with Gasteiger partial charge in [0.1, 0.15) is 0 Å². The summed E-state index contributed by atoms with van der Waals surface area (Å²) in [5, 5.41) is 11.3. The van der Waals surface area contributed by atoms with Gasteiger partial charge in [-0.3, -0.25) is 9.89 Å². The molecule has 0 radical (unpaired) electrons. The number of benzene rings is 1. The average molecular weight is 271 g/mol. The Labute approximate surface area is 119 Å². The molecule has 3 rings (SSSR count). The van der Waals surface area contributed by atoms with Crippen LogP contribution in [0.5, 0.6) is 0 Å². The van der Waals surface area contributed by atoms with Crippen LogP contribution in [-0.4, -0.2) is 29.1 Å². The van der Waals surface area contributed by atoms with Crippen molar-refractivity contribution in [2.75, 3.05) is 13.1 Å². The molecule has 106 valence electrons. The third kappa shape index (κ3) is 2.24. The summed E-state index contributed by atoms with van der Waals surface area (Å²) in [4.78, 5) is 13.0. The van der Waals surface area contributed by atoms with E-state index in [2.05, 4.69) is 22.4 Å². The van der Waals surface area contributed by atoms with E-state index in [-0.39, 0.29) is 5.41 Å². The SMILES string of the molecule is CCCC[C@]1(C(=O)c2ccc3[nH]ncc3c2)CCNC1. The summed E-state index contributed by atoms with van der Waals surface area (Å²) in [5.41, 5.74) is 1.60. The van der Waals surface area contributed by atoms with Crippen molar-refractivity contribution in [2.24, 2.45) is 5.41 Å². The number of nitrogens with zero attached hydrogens (tertiary/aromatic N) is 1. The van der Waals surface area contributed by atoms with Gasteiger partial charge in [-0.15, -0.1) is 0 Å². The van der Waals surface area contributed by atoms with E-state index in [1.165, 1.54) is 0 Å². The minimum absolute atomic E-state index is 0.201. The summed E-state index contributed by atoms with van der Waals surface area (Å²) in [7, 11) is 0. The van der Waals surface area contributed by atoms with E-state index in [0.717, 1.165) is 55.2 Å². The van der Waals surface area contributed by atoms with Crippen molar-refractivity contribution in [3.8, 4) is 0 Å². The highest BCUT2D eigenvalue weighted by atomic mass is 16.1. The fraction of sp³-hybridized carbons (Fsp3) is 0.500. The maximum absolute atomic E-state index is 13.0. The second-order valence-electron chi connectivity index (χ2n) is 5.81. The van der Waals surface area contributed by atoms with Gasteiger partial charge in [0.05, 0.1) is 11.7 Å². The summed E-state index contributed by atoms with van der Waals surface area (Å²) >= 11 is 0. The minimum atomic E-state index is -0.201. The largest absolute Gasteiger partial charge is 0.316 e. The number of ketones is 1. The lowest BCUT2D eigenvalue weighted by atomic mass is 9.75. The van der Waals surface area contributed by atoms with Crippen LogP contribution in [0.25, 0.3) is 10.9 Å². The first-order valence-corrected chi connectivity index (χ1v) is 7.44. The number of carbonyl (C=O) groups excluding carboxylic acids is 1. The van der Waals surface area contributed by atoms with Crippen molar-refractivity contribution < 1.29 is 4.79 Å². The second kappa shape index (κ2) is 5.37. The smallest absolute Gasteiger partial charge is 0.170 e. The zero-order valence-corrected chi connectivity index (χ0v) is 11.9. The van der Waals surface area contributed by atoms with Crippen molar-refractivity contribution in [1.82, 2.24) is 15.5 Å². The normalized spacial score (nSPS) is 22.4. The predicted octanol–water partition coefficient (Wildman–Crippen LogP) is 2.92. The van der Waals surface area contributed by atoms with Gasteiger partial charge in [0, 0.05) is 22.9 Å². The molecular formula is C16H21N3O. The third-order valence-electron chi connectivity index (χ3n) is 4.44. The lowest BCUT2D eigenvalue weighted by Crippen LogP contribution is -2.33. The number of aromatic amines is 1. The molecule has 1 aromatic carbocycles. The zero-order valence-electron chi connectivity index (χ0n) is 11.9. The first kappa shape index (κ1) is 13.3. The molecule has 1 atom stereocenters. The Morgan fingerprint density at radius 2 is 2.35 bits per heavy atom. The van der Waals surface area contributed by atoms with Crippen LogP contribution in [0.15, 0.2) is 24.4 Å². The van der Waals surface area contributed by atoms with Gasteiger partial charge in [-0.2, -0.15) is 5.10 Å². The van der Waals surface area contributed by atoms with Crippen LogP contribution in [0.2, 0.25) is 0 Å². The first-order valence-electron chi connectivity index (χ1n) is 7.44. The van der Waals surface area contributed by atoms with Gasteiger partial charge in [0.15, 0.2) is 5.78 Å². The van der Waals surface area contributed by atoms with Crippen LogP contribution in [0.4, 0.5) is 0 Å². The van der Waals surface area contributed by atoms with Gasteiger partial charge < -0.3 is 5.32 Å². The lowest BCUT2D eigenvalue weighted by molar-refractivity contribution is 0.0799. The molecule has 2 aromatic rings. The van der Waals surface area contributed by atoms with E-state index in [0.29, 0.717) is 5.78 Å². The maximum atomic E-state index is 13.0. The molecule has 0 unspecified atom stereocenters.